The van der Waals surface area contributed by atoms with Crippen LogP contribution in [0.2, 0.25) is 0 Å². The maximum atomic E-state index is 10.7. The van der Waals surface area contributed by atoms with Gasteiger partial charge in [-0.05, 0) is 20.8 Å². The summed E-state index contributed by atoms with van der Waals surface area (Å²) >= 11 is 0. The van der Waals surface area contributed by atoms with Gasteiger partial charge in [-0.3, -0.25) is 0 Å². The largest absolute Gasteiger partial charge is 0.508 e. The summed E-state index contributed by atoms with van der Waals surface area (Å²) in [6.45, 7) is 9.21. The highest BCUT2D eigenvalue weighted by Gasteiger charge is 2.34. The summed E-state index contributed by atoms with van der Waals surface area (Å²) in [5.41, 5.74) is -0.397. The number of ether oxygens (including phenoxy) is 3. The molecule has 0 atom stereocenters. The van der Waals surface area contributed by atoms with Crippen LogP contribution in [-0.4, -0.2) is 31.6 Å². The van der Waals surface area contributed by atoms with Crippen LogP contribution in [0.25, 0.3) is 0 Å². The maximum absolute atomic E-state index is 10.7. The number of hydrogen-bond donors (Lipinski definition) is 0. The molecule has 0 saturated carbocycles. The topological polar surface area (TPSA) is 44.8 Å². The minimum absolute atomic E-state index is 0.176. The predicted octanol–water partition coefficient (Wildman–Crippen LogP) is 1.97. The van der Waals surface area contributed by atoms with E-state index in [4.69, 9.17) is 14.2 Å². The number of hydrogen-bond acceptors (Lipinski definition) is 4. The van der Waals surface area contributed by atoms with Crippen molar-refractivity contribution in [2.24, 2.45) is 5.41 Å². The van der Waals surface area contributed by atoms with Crippen molar-refractivity contribution in [3.05, 3.63) is 0 Å². The molecule has 0 aromatic heterocycles. The summed E-state index contributed by atoms with van der Waals surface area (Å²) in [5, 5.41) is 0. The lowest BCUT2D eigenvalue weighted by Gasteiger charge is -2.34. The van der Waals surface area contributed by atoms with Crippen LogP contribution in [-0.2, 0) is 14.2 Å². The van der Waals surface area contributed by atoms with Crippen LogP contribution in [0.5, 0.6) is 0 Å². The van der Waals surface area contributed by atoms with Gasteiger partial charge >= 0.3 is 6.16 Å². The van der Waals surface area contributed by atoms with E-state index < -0.39 is 6.16 Å². The molecule has 0 aromatic rings. The summed E-state index contributed by atoms with van der Waals surface area (Å²) in [6.07, 6.45) is -0.585. The lowest BCUT2D eigenvalue weighted by molar-refractivity contribution is -0.114. The van der Waals surface area contributed by atoms with E-state index in [1.54, 1.807) is 0 Å². The van der Waals surface area contributed by atoms with E-state index in [9.17, 15) is 4.79 Å². The molecule has 0 unspecified atom stereocenters. The van der Waals surface area contributed by atoms with Gasteiger partial charge < -0.3 is 14.2 Å². The zero-order valence-electron chi connectivity index (χ0n) is 9.25. The Labute approximate surface area is 84.5 Å². The van der Waals surface area contributed by atoms with E-state index in [1.807, 2.05) is 27.7 Å². The Kier molecular flexibility index (Phi) is 3.04. The van der Waals surface area contributed by atoms with Gasteiger partial charge in [-0.15, -0.1) is 0 Å². The average Bonchev–Trinajstić information content (AvgIpc) is 2.07. The van der Waals surface area contributed by atoms with Gasteiger partial charge in [0.2, 0.25) is 0 Å². The van der Waals surface area contributed by atoms with Gasteiger partial charge in [-0.25, -0.2) is 4.79 Å². The molecular weight excluding hydrogens is 184 g/mol. The fraction of sp³-hybridized carbons (Fsp3) is 0.900. The molecule has 0 bridgehead atoms. The first-order valence-electron chi connectivity index (χ1n) is 4.74. The minimum atomic E-state index is -0.585. The van der Waals surface area contributed by atoms with Gasteiger partial charge in [-0.2, -0.15) is 0 Å². The Morgan fingerprint density at radius 1 is 1.36 bits per heavy atom. The maximum Gasteiger partial charge on any atom is 0.508 e. The van der Waals surface area contributed by atoms with Crippen LogP contribution in [0.4, 0.5) is 4.79 Å². The van der Waals surface area contributed by atoms with Crippen molar-refractivity contribution in [1.29, 1.82) is 0 Å². The molecule has 0 aliphatic carbocycles. The lowest BCUT2D eigenvalue weighted by atomic mass is 9.93. The molecule has 14 heavy (non-hydrogen) atoms. The minimum Gasteiger partial charge on any atom is -0.433 e. The Bertz CT molecular complexity index is 207. The van der Waals surface area contributed by atoms with Gasteiger partial charge in [-0.1, -0.05) is 6.92 Å². The molecule has 0 N–H and O–H groups in total. The molecule has 82 valence electrons. The molecule has 1 fully saturated rings. The number of rotatable bonds is 2. The molecule has 1 aliphatic rings. The standard InChI is InChI=1S/C10H18O4/c1-9(2,3)14-7-10(4)5-12-8(11)13-6-10/h5-7H2,1-4H3. The van der Waals surface area contributed by atoms with Crippen LogP contribution in [0.3, 0.4) is 0 Å². The second-order valence-electron chi connectivity index (χ2n) is 5.04. The van der Waals surface area contributed by atoms with Crippen LogP contribution in [0.15, 0.2) is 0 Å². The molecule has 4 nitrogen and oxygen atoms in total. The number of carbonyl (C=O) groups excluding carboxylic acids is 1. The van der Waals surface area contributed by atoms with E-state index in [2.05, 4.69) is 0 Å². The van der Waals surface area contributed by atoms with Crippen LogP contribution in [0.1, 0.15) is 27.7 Å². The molecule has 4 heteroatoms. The van der Waals surface area contributed by atoms with E-state index >= 15 is 0 Å². The summed E-state index contributed by atoms with van der Waals surface area (Å²) in [6, 6.07) is 0. The smallest absolute Gasteiger partial charge is 0.433 e. The molecule has 0 amide bonds. The van der Waals surface area contributed by atoms with Gasteiger partial charge in [0, 0.05) is 0 Å². The van der Waals surface area contributed by atoms with Gasteiger partial charge in [0.25, 0.3) is 0 Å². The number of carbonyl (C=O) groups is 1. The zero-order chi connectivity index (χ0) is 10.8. The third kappa shape index (κ3) is 3.54. The lowest BCUT2D eigenvalue weighted by Crippen LogP contribution is -2.42. The van der Waals surface area contributed by atoms with Gasteiger partial charge in [0.05, 0.1) is 17.6 Å². The molecule has 0 radical (unpaired) electrons. The van der Waals surface area contributed by atoms with E-state index in [1.165, 1.54) is 0 Å². The second kappa shape index (κ2) is 3.77. The highest BCUT2D eigenvalue weighted by Crippen LogP contribution is 2.24. The highest BCUT2D eigenvalue weighted by molar-refractivity contribution is 5.60. The third-order valence-corrected chi connectivity index (χ3v) is 1.93. The zero-order valence-corrected chi connectivity index (χ0v) is 9.25. The quantitative estimate of drug-likeness (QED) is 0.642. The van der Waals surface area contributed by atoms with Crippen molar-refractivity contribution in [2.45, 2.75) is 33.3 Å². The van der Waals surface area contributed by atoms with Crippen LogP contribution < -0.4 is 0 Å². The fourth-order valence-electron chi connectivity index (χ4n) is 1.02. The molecule has 0 spiro atoms. The van der Waals surface area contributed by atoms with Crippen molar-refractivity contribution in [1.82, 2.24) is 0 Å². The molecule has 1 saturated heterocycles. The van der Waals surface area contributed by atoms with Gasteiger partial charge in [0.1, 0.15) is 13.2 Å². The Balaban J connectivity index is 2.39. The monoisotopic (exact) mass is 202 g/mol. The predicted molar refractivity (Wildman–Crippen MR) is 51.1 cm³/mol. The van der Waals surface area contributed by atoms with Crippen molar-refractivity contribution in [2.75, 3.05) is 19.8 Å². The fourth-order valence-corrected chi connectivity index (χ4v) is 1.02. The van der Waals surface area contributed by atoms with Crippen molar-refractivity contribution in [3.63, 3.8) is 0 Å². The Hall–Kier alpha value is -0.770. The Morgan fingerprint density at radius 3 is 2.29 bits per heavy atom. The highest BCUT2D eigenvalue weighted by atomic mass is 16.7. The van der Waals surface area contributed by atoms with E-state index in [0.717, 1.165) is 0 Å². The van der Waals surface area contributed by atoms with Gasteiger partial charge in [0.15, 0.2) is 0 Å². The summed E-state index contributed by atoms with van der Waals surface area (Å²) < 4.78 is 15.3. The average molecular weight is 202 g/mol. The van der Waals surface area contributed by atoms with Crippen molar-refractivity contribution in [3.8, 4) is 0 Å². The molecule has 0 aromatic carbocycles. The third-order valence-electron chi connectivity index (χ3n) is 1.93. The summed E-state index contributed by atoms with van der Waals surface area (Å²) in [7, 11) is 0. The first kappa shape index (κ1) is 11.3. The molecule has 1 aliphatic heterocycles. The van der Waals surface area contributed by atoms with Crippen molar-refractivity contribution < 1.29 is 19.0 Å². The summed E-state index contributed by atoms with van der Waals surface area (Å²) in [5.74, 6) is 0. The SMILES string of the molecule is CC1(COC(C)(C)C)COC(=O)OC1. The second-order valence-corrected chi connectivity index (χ2v) is 5.04. The normalized spacial score (nSPS) is 21.3. The number of cyclic esters (lactones) is 2. The molecule has 1 heterocycles. The first-order valence-corrected chi connectivity index (χ1v) is 4.74. The van der Waals surface area contributed by atoms with Crippen LogP contribution in [0, 0.1) is 5.41 Å². The van der Waals surface area contributed by atoms with E-state index in [-0.39, 0.29) is 11.0 Å². The van der Waals surface area contributed by atoms with Crippen LogP contribution >= 0.6 is 0 Å². The first-order chi connectivity index (χ1) is 6.31. The molecular formula is C10H18O4. The molecule has 1 rings (SSSR count). The Morgan fingerprint density at radius 2 is 1.86 bits per heavy atom. The summed E-state index contributed by atoms with van der Waals surface area (Å²) in [4.78, 5) is 10.7. The van der Waals surface area contributed by atoms with E-state index in [0.29, 0.717) is 19.8 Å². The van der Waals surface area contributed by atoms with Crippen molar-refractivity contribution >= 4 is 6.16 Å².